The van der Waals surface area contributed by atoms with Crippen molar-refractivity contribution in [1.82, 2.24) is 0 Å². The second kappa shape index (κ2) is 5.59. The van der Waals surface area contributed by atoms with Crippen LogP contribution in [-0.4, -0.2) is 21.9 Å². The van der Waals surface area contributed by atoms with Crippen LogP contribution >= 0.6 is 0 Å². The fourth-order valence-corrected chi connectivity index (χ4v) is 4.11. The molecule has 1 nitrogen and oxygen atoms in total. The van der Waals surface area contributed by atoms with Gasteiger partial charge in [0, 0.05) is 0 Å². The van der Waals surface area contributed by atoms with Crippen LogP contribution in [-0.2, 0) is 3.83 Å². The van der Waals surface area contributed by atoms with Crippen LogP contribution in [0.5, 0.6) is 0 Å². The molecule has 0 saturated heterocycles. The Kier molecular flexibility index (Phi) is 4.67. The fourth-order valence-electron chi connectivity index (χ4n) is 1.13. The van der Waals surface area contributed by atoms with Gasteiger partial charge in [-0.05, 0) is 0 Å². The molecule has 86 valence electrons. The van der Waals surface area contributed by atoms with Gasteiger partial charge in [-0.25, -0.2) is 0 Å². The second-order valence-corrected chi connectivity index (χ2v) is 13.2. The summed E-state index contributed by atoms with van der Waals surface area (Å²) in [6, 6.07) is 9.68. The van der Waals surface area contributed by atoms with Crippen LogP contribution in [0.2, 0.25) is 24.5 Å². The molecule has 2 unspecified atom stereocenters. The molecule has 16 heavy (non-hydrogen) atoms. The van der Waals surface area contributed by atoms with Crippen LogP contribution in [0.25, 0.3) is 0 Å². The maximum absolute atomic E-state index is 12.2. The summed E-state index contributed by atoms with van der Waals surface area (Å²) in [7, 11) is -1.35. The number of rotatable bonds is 2. The third-order valence-electron chi connectivity index (χ3n) is 1.95. The van der Waals surface area contributed by atoms with Crippen molar-refractivity contribution in [1.29, 1.82) is 0 Å². The Hall–Kier alpha value is -0.684. The van der Waals surface area contributed by atoms with Gasteiger partial charge in [-0.1, -0.05) is 0 Å². The van der Waals surface area contributed by atoms with E-state index in [4.69, 9.17) is 0 Å². The Morgan fingerprint density at radius 2 is 1.75 bits per heavy atom. The molecule has 0 fully saturated rings. The monoisotopic (exact) mass is 298 g/mol. The van der Waals surface area contributed by atoms with E-state index in [1.54, 1.807) is 0 Å². The molecule has 0 heterocycles. The van der Waals surface area contributed by atoms with Crippen molar-refractivity contribution >= 4 is 26.4 Å². The Balaban J connectivity index is 2.79. The molecule has 2 atom stereocenters. The first-order valence-electron chi connectivity index (χ1n) is 5.38. The van der Waals surface area contributed by atoms with Gasteiger partial charge in [0.1, 0.15) is 0 Å². The van der Waals surface area contributed by atoms with E-state index < -0.39 is 21.9 Å². The van der Waals surface area contributed by atoms with E-state index in [0.29, 0.717) is 0 Å². The molecule has 0 radical (unpaired) electrons. The van der Waals surface area contributed by atoms with E-state index in [9.17, 15) is 3.83 Å². The molecule has 0 aromatic heterocycles. The SMILES string of the molecule is CC(C#C[Si](C)(C)C)[Se](=O)c1ccccc1. The summed E-state index contributed by atoms with van der Waals surface area (Å²) < 4.78 is 13.1. The molecule has 0 amide bonds. The molecule has 1 aromatic carbocycles. The molecule has 0 aliphatic heterocycles. The molecule has 0 saturated carbocycles. The molecule has 1 aromatic rings. The first kappa shape index (κ1) is 13.4. The molecule has 0 bridgehead atoms. The van der Waals surface area contributed by atoms with Crippen LogP contribution in [0, 0.1) is 11.5 Å². The topological polar surface area (TPSA) is 17.1 Å². The fraction of sp³-hybridized carbons (Fsp3) is 0.385. The molecular formula is C13H18OSeSi. The van der Waals surface area contributed by atoms with Crippen LogP contribution in [0.1, 0.15) is 6.92 Å². The minimum atomic E-state index is -2.00. The second-order valence-electron chi connectivity index (χ2n) is 4.77. The Morgan fingerprint density at radius 3 is 2.25 bits per heavy atom. The summed E-state index contributed by atoms with van der Waals surface area (Å²) in [6.07, 6.45) is 0. The molecule has 0 N–H and O–H groups in total. The van der Waals surface area contributed by atoms with E-state index in [0.717, 1.165) is 4.46 Å². The van der Waals surface area contributed by atoms with Crippen molar-refractivity contribution in [2.45, 2.75) is 31.4 Å². The van der Waals surface area contributed by atoms with E-state index >= 15 is 0 Å². The number of benzene rings is 1. The van der Waals surface area contributed by atoms with E-state index in [1.807, 2.05) is 37.3 Å². The molecule has 3 heteroatoms. The predicted octanol–water partition coefficient (Wildman–Crippen LogP) is 2.59. The van der Waals surface area contributed by atoms with Crippen LogP contribution < -0.4 is 4.46 Å². The van der Waals surface area contributed by atoms with Crippen LogP contribution in [0.3, 0.4) is 0 Å². The van der Waals surface area contributed by atoms with E-state index in [2.05, 4.69) is 31.1 Å². The third-order valence-corrected chi connectivity index (χ3v) is 5.98. The average molecular weight is 297 g/mol. The zero-order valence-electron chi connectivity index (χ0n) is 10.3. The molecule has 1 rings (SSSR count). The summed E-state index contributed by atoms with van der Waals surface area (Å²) in [5.41, 5.74) is 3.29. The Labute approximate surface area is 103 Å². The summed E-state index contributed by atoms with van der Waals surface area (Å²) in [6.45, 7) is 8.58. The van der Waals surface area contributed by atoms with Gasteiger partial charge in [0.15, 0.2) is 0 Å². The standard InChI is InChI=1S/C13H18OSeSi/c1-12(10-11-16(2,3)4)15(14)13-8-6-5-7-9-13/h5-9,12H,1-4H3. The van der Waals surface area contributed by atoms with Gasteiger partial charge < -0.3 is 0 Å². The van der Waals surface area contributed by atoms with Crippen molar-refractivity contribution in [3.63, 3.8) is 0 Å². The third kappa shape index (κ3) is 4.45. The molecular weight excluding hydrogens is 279 g/mol. The average Bonchev–Trinajstić information content (AvgIpc) is 2.25. The quantitative estimate of drug-likeness (QED) is 0.606. The van der Waals surface area contributed by atoms with Gasteiger partial charge >= 0.3 is 103 Å². The summed E-state index contributed by atoms with van der Waals surface area (Å²) in [5.74, 6) is 3.18. The molecule has 0 spiro atoms. The molecule has 0 aliphatic carbocycles. The first-order valence-corrected chi connectivity index (χ1v) is 11.4. The van der Waals surface area contributed by atoms with Crippen molar-refractivity contribution < 1.29 is 3.83 Å². The summed E-state index contributed by atoms with van der Waals surface area (Å²) >= 11 is -2.00. The van der Waals surface area contributed by atoms with Crippen molar-refractivity contribution in [2.24, 2.45) is 0 Å². The van der Waals surface area contributed by atoms with Gasteiger partial charge in [-0.3, -0.25) is 0 Å². The number of hydrogen-bond donors (Lipinski definition) is 0. The van der Waals surface area contributed by atoms with Gasteiger partial charge in [-0.2, -0.15) is 0 Å². The number of hydrogen-bond acceptors (Lipinski definition) is 1. The van der Waals surface area contributed by atoms with Crippen LogP contribution in [0.4, 0.5) is 0 Å². The predicted molar refractivity (Wildman–Crippen MR) is 73.1 cm³/mol. The van der Waals surface area contributed by atoms with E-state index in [-0.39, 0.29) is 4.82 Å². The maximum atomic E-state index is 12.2. The Morgan fingerprint density at radius 1 is 1.19 bits per heavy atom. The normalized spacial score (nSPS) is 14.8. The zero-order chi connectivity index (χ0) is 12.2. The summed E-state index contributed by atoms with van der Waals surface area (Å²) in [4.78, 5) is 0.00845. The van der Waals surface area contributed by atoms with Gasteiger partial charge in [-0.15, -0.1) is 0 Å². The molecule has 0 aliphatic rings. The zero-order valence-corrected chi connectivity index (χ0v) is 13.0. The van der Waals surface area contributed by atoms with E-state index in [1.165, 1.54) is 0 Å². The van der Waals surface area contributed by atoms with Gasteiger partial charge in [0.25, 0.3) is 0 Å². The Bertz CT molecular complexity index is 423. The summed E-state index contributed by atoms with van der Waals surface area (Å²) in [5, 5.41) is 0. The van der Waals surface area contributed by atoms with Crippen molar-refractivity contribution in [2.75, 3.05) is 0 Å². The van der Waals surface area contributed by atoms with Crippen LogP contribution in [0.15, 0.2) is 30.3 Å². The van der Waals surface area contributed by atoms with Gasteiger partial charge in [0.2, 0.25) is 0 Å². The van der Waals surface area contributed by atoms with Crippen molar-refractivity contribution in [3.8, 4) is 11.5 Å². The van der Waals surface area contributed by atoms with Gasteiger partial charge in [0.05, 0.1) is 0 Å². The minimum absolute atomic E-state index is 0.00845. The van der Waals surface area contributed by atoms with Crippen molar-refractivity contribution in [3.05, 3.63) is 30.3 Å². The first-order chi connectivity index (χ1) is 7.40.